The van der Waals surface area contributed by atoms with Gasteiger partial charge in [0, 0.05) is 6.42 Å². The summed E-state index contributed by atoms with van der Waals surface area (Å²) in [5.74, 6) is -1.05. The summed E-state index contributed by atoms with van der Waals surface area (Å²) in [6, 6.07) is 18.1. The first-order valence-electron chi connectivity index (χ1n) is 14.4. The number of benzene rings is 3. The van der Waals surface area contributed by atoms with Crippen LogP contribution < -0.4 is 0 Å². The van der Waals surface area contributed by atoms with Crippen molar-refractivity contribution in [1.82, 2.24) is 0 Å². The Morgan fingerprint density at radius 3 is 1.73 bits per heavy atom. The van der Waals surface area contributed by atoms with Crippen molar-refractivity contribution in [2.24, 2.45) is 0 Å². The molecule has 0 aliphatic rings. The second-order valence-corrected chi connectivity index (χ2v) is 10.3. The van der Waals surface area contributed by atoms with Crippen molar-refractivity contribution in [2.75, 3.05) is 0 Å². The third-order valence-corrected chi connectivity index (χ3v) is 7.30. The first-order valence-corrected chi connectivity index (χ1v) is 14.4. The van der Waals surface area contributed by atoms with Crippen LogP contribution in [0.15, 0.2) is 54.6 Å². The van der Waals surface area contributed by atoms with Crippen LogP contribution in [0.1, 0.15) is 114 Å². The number of hydrogen-bond donors (Lipinski definition) is 1. The zero-order valence-electron chi connectivity index (χ0n) is 22.6. The molecule has 0 radical (unpaired) electrons. The number of carbonyl (C=O) groups is 2. The molecule has 1 N–H and O–H groups in total. The summed E-state index contributed by atoms with van der Waals surface area (Å²) in [5, 5.41) is 12.9. The highest BCUT2D eigenvalue weighted by Gasteiger charge is 2.20. The van der Waals surface area contributed by atoms with Gasteiger partial charge in [-0.05, 0) is 59.7 Å². The first kappa shape index (κ1) is 28.7. The van der Waals surface area contributed by atoms with Gasteiger partial charge in [-0.25, -0.2) is 4.79 Å². The maximum absolute atomic E-state index is 13.6. The minimum absolute atomic E-state index is 0.160. The van der Waals surface area contributed by atoms with Crippen molar-refractivity contribution in [1.29, 1.82) is 0 Å². The van der Waals surface area contributed by atoms with Gasteiger partial charge in [-0.15, -0.1) is 0 Å². The molecule has 4 heteroatoms. The van der Waals surface area contributed by atoms with Crippen LogP contribution in [0.5, 0.6) is 0 Å². The number of aliphatic carboxylic acids is 1. The highest BCUT2D eigenvalue weighted by Crippen LogP contribution is 2.30. The molecule has 0 aliphatic heterocycles. The molecule has 3 aromatic rings. The van der Waals surface area contributed by atoms with E-state index in [1.54, 1.807) is 0 Å². The Labute approximate surface area is 222 Å². The number of carbonyl (C=O) groups excluding carboxylic acids is 1. The summed E-state index contributed by atoms with van der Waals surface area (Å²) >= 11 is 0. The molecule has 0 heterocycles. The minimum Gasteiger partial charge on any atom is -0.481 e. The van der Waals surface area contributed by atoms with E-state index in [0.29, 0.717) is 18.4 Å². The summed E-state index contributed by atoms with van der Waals surface area (Å²) in [4.78, 5) is 24.5. The largest absolute Gasteiger partial charge is 0.481 e. The van der Waals surface area contributed by atoms with Crippen LogP contribution in [-0.4, -0.2) is 23.1 Å². The van der Waals surface area contributed by atoms with Crippen molar-refractivity contribution in [3.63, 3.8) is 0 Å². The van der Waals surface area contributed by atoms with E-state index in [0.717, 1.165) is 47.2 Å². The van der Waals surface area contributed by atoms with Gasteiger partial charge in [0.05, 0.1) is 5.56 Å². The molecule has 1 atom stereocenters. The summed E-state index contributed by atoms with van der Waals surface area (Å²) in [6.07, 6.45) is 15.5. The molecule has 0 spiro atoms. The van der Waals surface area contributed by atoms with Crippen LogP contribution >= 0.6 is 0 Å². The maximum atomic E-state index is 13.6. The first-order chi connectivity index (χ1) is 18.1. The van der Waals surface area contributed by atoms with E-state index in [1.165, 1.54) is 51.4 Å². The molecule has 0 saturated heterocycles. The Kier molecular flexibility index (Phi) is 12.5. The fourth-order valence-corrected chi connectivity index (χ4v) is 5.21. The Balaban J connectivity index is 1.60. The molecule has 0 aliphatic carbocycles. The molecular weight excluding hydrogens is 460 g/mol. The molecule has 0 amide bonds. The molecule has 37 heavy (non-hydrogen) atoms. The molecule has 0 aromatic heterocycles. The van der Waals surface area contributed by atoms with Crippen molar-refractivity contribution in [3.8, 4) is 0 Å². The van der Waals surface area contributed by atoms with Gasteiger partial charge in [0.25, 0.3) is 0 Å². The van der Waals surface area contributed by atoms with E-state index in [4.69, 9.17) is 9.84 Å². The Morgan fingerprint density at radius 2 is 1.19 bits per heavy atom. The van der Waals surface area contributed by atoms with Crippen LogP contribution in [0, 0.1) is 0 Å². The van der Waals surface area contributed by atoms with Crippen molar-refractivity contribution in [3.05, 3.63) is 60.2 Å². The summed E-state index contributed by atoms with van der Waals surface area (Å²) < 4.78 is 6.16. The van der Waals surface area contributed by atoms with Gasteiger partial charge in [-0.2, -0.15) is 0 Å². The lowest BCUT2D eigenvalue weighted by molar-refractivity contribution is -0.137. The predicted octanol–water partition coefficient (Wildman–Crippen LogP) is 9.47. The van der Waals surface area contributed by atoms with E-state index in [2.05, 4.69) is 13.0 Å². The van der Waals surface area contributed by atoms with Gasteiger partial charge in [0.1, 0.15) is 6.10 Å². The highest BCUT2D eigenvalue weighted by atomic mass is 16.5. The number of carboxylic acids is 1. The topological polar surface area (TPSA) is 63.6 Å². The van der Waals surface area contributed by atoms with Gasteiger partial charge >= 0.3 is 11.9 Å². The van der Waals surface area contributed by atoms with Gasteiger partial charge in [-0.1, -0.05) is 113 Å². The SMILES string of the molecule is CCCCCCCCCCCC[C@@H](CCCCC(=O)O)OC(=O)c1c2ccccc2cc2ccccc12. The number of hydrogen-bond acceptors (Lipinski definition) is 3. The van der Waals surface area contributed by atoms with Crippen molar-refractivity contribution >= 4 is 33.5 Å². The molecule has 0 fully saturated rings. The number of unbranched alkanes of at least 4 members (excludes halogenated alkanes) is 10. The molecular formula is C33H44O4. The number of ether oxygens (including phenoxy) is 1. The Hall–Kier alpha value is -2.88. The normalized spacial score (nSPS) is 12.1. The van der Waals surface area contributed by atoms with Crippen LogP contribution in [0.3, 0.4) is 0 Å². The van der Waals surface area contributed by atoms with E-state index in [9.17, 15) is 9.59 Å². The standard InChI is InChI=1S/C33H44O4/c1-2-3-4-5-6-7-8-9-10-11-20-28(21-14-17-24-31(34)35)37-33(36)32-29-22-15-12-18-26(29)25-27-19-13-16-23-30(27)32/h12-13,15-16,18-19,22-23,25,28H,2-11,14,17,20-21,24H2,1H3,(H,34,35)/t28-/m0/s1. The Morgan fingerprint density at radius 1 is 0.703 bits per heavy atom. The van der Waals surface area contributed by atoms with Crippen LogP contribution in [0.25, 0.3) is 21.5 Å². The van der Waals surface area contributed by atoms with Crippen LogP contribution in [0.4, 0.5) is 0 Å². The van der Waals surface area contributed by atoms with E-state index in [-0.39, 0.29) is 18.5 Å². The fraction of sp³-hybridized carbons (Fsp3) is 0.515. The monoisotopic (exact) mass is 504 g/mol. The molecule has 3 rings (SSSR count). The zero-order valence-corrected chi connectivity index (χ0v) is 22.6. The second-order valence-electron chi connectivity index (χ2n) is 10.3. The minimum atomic E-state index is -0.773. The lowest BCUT2D eigenvalue weighted by Crippen LogP contribution is -2.19. The van der Waals surface area contributed by atoms with Gasteiger partial charge in [0.15, 0.2) is 0 Å². The summed E-state index contributed by atoms with van der Waals surface area (Å²) in [7, 11) is 0. The molecule has 3 aromatic carbocycles. The van der Waals surface area contributed by atoms with Crippen LogP contribution in [-0.2, 0) is 9.53 Å². The average Bonchev–Trinajstić information content (AvgIpc) is 2.90. The lowest BCUT2D eigenvalue weighted by Gasteiger charge is -2.19. The average molecular weight is 505 g/mol. The summed E-state index contributed by atoms with van der Waals surface area (Å²) in [6.45, 7) is 2.25. The molecule has 4 nitrogen and oxygen atoms in total. The smallest absolute Gasteiger partial charge is 0.339 e. The fourth-order valence-electron chi connectivity index (χ4n) is 5.21. The quantitative estimate of drug-likeness (QED) is 0.106. The molecule has 0 bridgehead atoms. The van der Waals surface area contributed by atoms with Gasteiger partial charge in [0.2, 0.25) is 0 Å². The zero-order chi connectivity index (χ0) is 26.3. The maximum Gasteiger partial charge on any atom is 0.339 e. The third kappa shape index (κ3) is 9.50. The highest BCUT2D eigenvalue weighted by molar-refractivity contribution is 6.16. The third-order valence-electron chi connectivity index (χ3n) is 7.30. The second kappa shape index (κ2) is 16.1. The van der Waals surface area contributed by atoms with Crippen LogP contribution in [0.2, 0.25) is 0 Å². The number of rotatable bonds is 18. The molecule has 0 saturated carbocycles. The van der Waals surface area contributed by atoms with E-state index in [1.807, 2.05) is 48.5 Å². The van der Waals surface area contributed by atoms with Crippen molar-refractivity contribution in [2.45, 2.75) is 109 Å². The summed E-state index contributed by atoms with van der Waals surface area (Å²) in [5.41, 5.74) is 0.632. The molecule has 200 valence electrons. The van der Waals surface area contributed by atoms with E-state index >= 15 is 0 Å². The van der Waals surface area contributed by atoms with Gasteiger partial charge < -0.3 is 9.84 Å². The number of esters is 1. The lowest BCUT2D eigenvalue weighted by atomic mass is 9.96. The van der Waals surface area contributed by atoms with Gasteiger partial charge in [-0.3, -0.25) is 4.79 Å². The molecule has 0 unspecified atom stereocenters. The van der Waals surface area contributed by atoms with E-state index < -0.39 is 5.97 Å². The Bertz CT molecular complexity index is 1070. The number of carboxylic acid groups (broad SMARTS) is 1. The van der Waals surface area contributed by atoms with Crippen molar-refractivity contribution < 1.29 is 19.4 Å². The number of fused-ring (bicyclic) bond motifs is 2. The predicted molar refractivity (Wildman–Crippen MR) is 153 cm³/mol.